The Labute approximate surface area is 241 Å². The van der Waals surface area contributed by atoms with E-state index in [4.69, 9.17) is 9.57 Å². The van der Waals surface area contributed by atoms with E-state index >= 15 is 0 Å². The van der Waals surface area contributed by atoms with Gasteiger partial charge in [0.25, 0.3) is 15.7 Å². The van der Waals surface area contributed by atoms with Crippen LogP contribution < -0.4 is 0 Å². The molecule has 1 aliphatic heterocycles. The second-order valence-corrected chi connectivity index (χ2v) is 12.0. The predicted molar refractivity (Wildman–Crippen MR) is 146 cm³/mol. The van der Waals surface area contributed by atoms with Gasteiger partial charge in [0.1, 0.15) is 5.60 Å². The fraction of sp³-hybridized carbons (Fsp3) is 0.385. The highest BCUT2D eigenvalue weighted by molar-refractivity contribution is 7.89. The van der Waals surface area contributed by atoms with Gasteiger partial charge in [0.2, 0.25) is 6.54 Å². The third kappa shape index (κ3) is 7.86. The summed E-state index contributed by atoms with van der Waals surface area (Å²) in [7, 11) is -4.91. The van der Waals surface area contributed by atoms with Crippen molar-refractivity contribution < 1.29 is 42.5 Å². The highest BCUT2D eigenvalue weighted by Gasteiger charge is 2.46. The summed E-state index contributed by atoms with van der Waals surface area (Å²) >= 11 is 0. The van der Waals surface area contributed by atoms with Crippen LogP contribution in [0.5, 0.6) is 0 Å². The number of amides is 1. The topological polar surface area (TPSA) is 200 Å². The third-order valence-corrected chi connectivity index (χ3v) is 7.74. The Hall–Kier alpha value is -4.41. The van der Waals surface area contributed by atoms with Crippen LogP contribution in [0, 0.1) is 20.2 Å². The Morgan fingerprint density at radius 3 is 2.26 bits per heavy atom. The summed E-state index contributed by atoms with van der Waals surface area (Å²) in [5.41, 5.74) is -1.33. The van der Waals surface area contributed by atoms with Crippen LogP contribution in [0.15, 0.2) is 71.1 Å². The van der Waals surface area contributed by atoms with E-state index in [9.17, 15) is 43.3 Å². The lowest BCUT2D eigenvalue weighted by Crippen LogP contribution is -2.57. The first-order chi connectivity index (χ1) is 19.6. The number of hydrogen-bond acceptors (Lipinski definition) is 10. The summed E-state index contributed by atoms with van der Waals surface area (Å²) in [5.74, 6) is -1.49. The molecule has 16 heteroatoms. The number of rotatable bonds is 11. The van der Waals surface area contributed by atoms with Gasteiger partial charge in [-0.15, -0.1) is 0 Å². The second-order valence-electron chi connectivity index (χ2n) is 10.2. The van der Waals surface area contributed by atoms with Gasteiger partial charge in [0.05, 0.1) is 17.6 Å². The van der Waals surface area contributed by atoms with Crippen molar-refractivity contribution >= 4 is 27.8 Å². The average Bonchev–Trinajstić information content (AvgIpc) is 2.91. The van der Waals surface area contributed by atoms with Crippen molar-refractivity contribution in [3.63, 3.8) is 0 Å². The summed E-state index contributed by atoms with van der Waals surface area (Å²) in [6.07, 6.45) is -0.450. The maximum Gasteiger partial charge on any atom is 0.411 e. The number of hydrogen-bond donors (Lipinski definition) is 1. The molecule has 0 saturated carbocycles. The van der Waals surface area contributed by atoms with Crippen LogP contribution in [0.4, 0.5) is 10.5 Å². The van der Waals surface area contributed by atoms with Crippen molar-refractivity contribution in [3.8, 4) is 0 Å². The zero-order valence-corrected chi connectivity index (χ0v) is 23.8. The van der Waals surface area contributed by atoms with Crippen molar-refractivity contribution in [2.24, 2.45) is 0 Å². The van der Waals surface area contributed by atoms with Crippen LogP contribution in [0.2, 0.25) is 0 Å². The molecule has 15 nitrogen and oxygen atoms in total. The number of nitro groups is 2. The Morgan fingerprint density at radius 2 is 1.69 bits per heavy atom. The van der Waals surface area contributed by atoms with E-state index in [1.165, 1.54) is 12.1 Å². The van der Waals surface area contributed by atoms with Gasteiger partial charge in [-0.05, 0) is 44.1 Å². The molecule has 2 aromatic carbocycles. The molecule has 42 heavy (non-hydrogen) atoms. The normalized spacial score (nSPS) is 17.4. The summed E-state index contributed by atoms with van der Waals surface area (Å²) in [4.78, 5) is 52.5. The molecule has 0 unspecified atom stereocenters. The van der Waals surface area contributed by atoms with Crippen LogP contribution in [-0.2, 0) is 31.0 Å². The largest absolute Gasteiger partial charge is 0.479 e. The van der Waals surface area contributed by atoms with Gasteiger partial charge in [0, 0.05) is 24.0 Å². The number of nitrogens with zero attached hydrogens (tertiary/aromatic N) is 4. The molecule has 0 bridgehead atoms. The molecule has 226 valence electrons. The van der Waals surface area contributed by atoms with Crippen LogP contribution in [0.3, 0.4) is 0 Å². The molecule has 2 aromatic rings. The minimum absolute atomic E-state index is 0.0332. The number of carbonyl (C=O) groups is 2. The van der Waals surface area contributed by atoms with Gasteiger partial charge in [-0.3, -0.25) is 30.0 Å². The van der Waals surface area contributed by atoms with E-state index in [-0.39, 0.29) is 12.2 Å². The SMILES string of the molecule is CC(C)(C)OC(=O)N1C[C@H](N(OCc2ccccc2)S(=O)(=O)c2ccccc2[N+](=O)[O-])C(CC[N+](=O)[O-])=C[C@H]1C(=O)O. The maximum atomic E-state index is 14.1. The Balaban J connectivity index is 2.20. The van der Waals surface area contributed by atoms with E-state index in [0.717, 1.165) is 23.1 Å². The molecule has 1 heterocycles. The molecule has 1 amide bonds. The van der Waals surface area contributed by atoms with Crippen LogP contribution in [0.25, 0.3) is 0 Å². The highest BCUT2D eigenvalue weighted by Crippen LogP contribution is 2.33. The Kier molecular flexibility index (Phi) is 9.98. The molecule has 0 fully saturated rings. The summed E-state index contributed by atoms with van der Waals surface area (Å²) in [5, 5.41) is 32.9. The zero-order valence-electron chi connectivity index (χ0n) is 23.0. The summed E-state index contributed by atoms with van der Waals surface area (Å²) in [6, 6.07) is 9.70. The van der Waals surface area contributed by atoms with Crippen molar-refractivity contribution in [2.45, 2.75) is 56.4 Å². The Morgan fingerprint density at radius 1 is 1.07 bits per heavy atom. The molecule has 0 saturated heterocycles. The van der Waals surface area contributed by atoms with E-state index in [1.807, 2.05) is 0 Å². The number of carboxylic acids is 1. The molecule has 0 spiro atoms. The number of carbonyl (C=O) groups excluding carboxylic acids is 1. The van der Waals surface area contributed by atoms with E-state index in [2.05, 4.69) is 0 Å². The maximum absolute atomic E-state index is 14.1. The van der Waals surface area contributed by atoms with Gasteiger partial charge in [-0.2, -0.15) is 0 Å². The first-order valence-corrected chi connectivity index (χ1v) is 14.1. The second kappa shape index (κ2) is 13.1. The number of hydroxylamine groups is 1. The van der Waals surface area contributed by atoms with Gasteiger partial charge in [-0.25, -0.2) is 18.0 Å². The lowest BCUT2D eigenvalue weighted by molar-refractivity contribution is -0.479. The van der Waals surface area contributed by atoms with E-state index in [0.29, 0.717) is 10.0 Å². The molecule has 0 radical (unpaired) electrons. The van der Waals surface area contributed by atoms with Crippen LogP contribution in [0.1, 0.15) is 32.8 Å². The van der Waals surface area contributed by atoms with Crippen molar-refractivity contribution in [2.75, 3.05) is 13.1 Å². The Bertz CT molecular complexity index is 1470. The molecular weight excluding hydrogens is 576 g/mol. The number of sulfonamides is 1. The number of carboxylic acid groups (broad SMARTS) is 1. The van der Waals surface area contributed by atoms with Crippen LogP contribution in [-0.4, -0.2) is 75.6 Å². The first-order valence-electron chi connectivity index (χ1n) is 12.6. The molecule has 1 aliphatic rings. The molecule has 0 aliphatic carbocycles. The standard InChI is InChI=1S/C26H30N4O11S/c1-26(2,3)41-25(33)27-16-22(19(13-14-28(34)35)15-21(27)24(31)32)30(40-17-18-9-5-4-6-10-18)42(38,39)23-12-8-7-11-20(23)29(36)37/h4-12,15,21-22H,13-14,16-17H2,1-3H3,(H,31,32)/t21-,22-/m0/s1. The van der Waals surface area contributed by atoms with Gasteiger partial charge >= 0.3 is 12.1 Å². The fourth-order valence-electron chi connectivity index (χ4n) is 4.17. The highest BCUT2D eigenvalue weighted by atomic mass is 32.2. The van der Waals surface area contributed by atoms with Gasteiger partial charge in [0.15, 0.2) is 10.9 Å². The summed E-state index contributed by atoms with van der Waals surface area (Å²) in [6.45, 7) is 2.95. The minimum atomic E-state index is -4.91. The molecule has 2 atom stereocenters. The number of ether oxygens (including phenoxy) is 1. The number of benzene rings is 2. The van der Waals surface area contributed by atoms with Gasteiger partial charge in [-0.1, -0.05) is 46.9 Å². The quantitative estimate of drug-likeness (QED) is 0.223. The number of nitro benzene ring substituents is 1. The van der Waals surface area contributed by atoms with Crippen molar-refractivity contribution in [1.29, 1.82) is 0 Å². The number of para-hydroxylation sites is 1. The fourth-order valence-corrected chi connectivity index (χ4v) is 5.75. The predicted octanol–water partition coefficient (Wildman–Crippen LogP) is 3.38. The van der Waals surface area contributed by atoms with Crippen molar-refractivity contribution in [3.05, 3.63) is 92.0 Å². The molecule has 3 rings (SSSR count). The lowest BCUT2D eigenvalue weighted by Gasteiger charge is -2.40. The van der Waals surface area contributed by atoms with E-state index < -0.39 is 79.7 Å². The van der Waals surface area contributed by atoms with E-state index in [1.54, 1.807) is 51.1 Å². The molecular formula is C26H30N4O11S. The average molecular weight is 607 g/mol. The molecule has 0 aromatic heterocycles. The first kappa shape index (κ1) is 32.1. The summed E-state index contributed by atoms with van der Waals surface area (Å²) < 4.78 is 33.9. The minimum Gasteiger partial charge on any atom is -0.479 e. The van der Waals surface area contributed by atoms with Crippen molar-refractivity contribution in [1.82, 2.24) is 9.37 Å². The van der Waals surface area contributed by atoms with Gasteiger partial charge < -0.3 is 9.84 Å². The third-order valence-electron chi connectivity index (χ3n) is 6.00. The van der Waals surface area contributed by atoms with Crippen LogP contribution >= 0.6 is 0 Å². The lowest BCUT2D eigenvalue weighted by atomic mass is 9.95. The zero-order chi connectivity index (χ0) is 31.2. The monoisotopic (exact) mass is 606 g/mol. The number of aliphatic carboxylic acids is 1. The smallest absolute Gasteiger partial charge is 0.411 e. The molecule has 1 N–H and O–H groups in total.